The van der Waals surface area contributed by atoms with E-state index < -0.39 is 0 Å². The summed E-state index contributed by atoms with van der Waals surface area (Å²) >= 11 is 0. The number of hydrogen-bond acceptors (Lipinski definition) is 3. The highest BCUT2D eigenvalue weighted by molar-refractivity contribution is 14.0. The molecule has 0 bridgehead atoms. The molecule has 1 fully saturated rings. The molecule has 2 N–H and O–H groups in total. The van der Waals surface area contributed by atoms with E-state index >= 15 is 0 Å². The lowest BCUT2D eigenvalue weighted by Gasteiger charge is -2.37. The molecule has 142 valence electrons. The Labute approximate surface area is 168 Å². The van der Waals surface area contributed by atoms with Crippen LogP contribution in [0.2, 0.25) is 0 Å². The molecule has 1 unspecified atom stereocenters. The van der Waals surface area contributed by atoms with Crippen LogP contribution in [-0.2, 0) is 6.54 Å². The van der Waals surface area contributed by atoms with E-state index in [1.165, 1.54) is 12.1 Å². The summed E-state index contributed by atoms with van der Waals surface area (Å²) in [5, 5.41) is 6.60. The molecule has 0 aliphatic carbocycles. The first-order valence-corrected chi connectivity index (χ1v) is 8.77. The maximum Gasteiger partial charge on any atom is 0.191 e. The summed E-state index contributed by atoms with van der Waals surface area (Å²) < 4.78 is 13.2. The highest BCUT2D eigenvalue weighted by Gasteiger charge is 2.20. The first-order valence-electron chi connectivity index (χ1n) is 8.77. The molecular weight excluding hydrogens is 432 g/mol. The van der Waals surface area contributed by atoms with E-state index in [0.29, 0.717) is 12.6 Å². The van der Waals surface area contributed by atoms with Gasteiger partial charge >= 0.3 is 0 Å². The summed E-state index contributed by atoms with van der Waals surface area (Å²) in [4.78, 5) is 9.24. The predicted molar refractivity (Wildman–Crippen MR) is 113 cm³/mol. The number of piperazine rings is 1. The summed E-state index contributed by atoms with van der Waals surface area (Å²) in [5.41, 5.74) is 0.904. The Hall–Kier alpha value is -0.930. The Morgan fingerprint density at radius 2 is 1.96 bits per heavy atom. The summed E-state index contributed by atoms with van der Waals surface area (Å²) in [5.74, 6) is 0.537. The van der Waals surface area contributed by atoms with Crippen molar-refractivity contribution in [2.24, 2.45) is 4.99 Å². The molecular formula is C18H31FIN5. The number of hydrogen-bond donors (Lipinski definition) is 2. The lowest BCUT2D eigenvalue weighted by atomic mass is 10.2. The van der Waals surface area contributed by atoms with Gasteiger partial charge in [0.05, 0.1) is 0 Å². The highest BCUT2D eigenvalue weighted by Crippen LogP contribution is 2.05. The number of nitrogens with zero attached hydrogens (tertiary/aromatic N) is 3. The number of nitrogens with one attached hydrogen (secondary N) is 2. The zero-order chi connectivity index (χ0) is 17.4. The van der Waals surface area contributed by atoms with E-state index in [1.54, 1.807) is 13.1 Å². The van der Waals surface area contributed by atoms with Crippen LogP contribution >= 0.6 is 24.0 Å². The number of rotatable bonds is 6. The van der Waals surface area contributed by atoms with Crippen molar-refractivity contribution in [2.75, 3.05) is 46.3 Å². The number of likely N-dealkylation sites (N-methyl/N-ethyl adjacent to an activating group) is 1. The number of guanidine groups is 1. The molecule has 1 aromatic rings. The van der Waals surface area contributed by atoms with Gasteiger partial charge in [-0.25, -0.2) is 4.39 Å². The maximum atomic E-state index is 13.2. The number of halogens is 2. The van der Waals surface area contributed by atoms with Crippen molar-refractivity contribution >= 4 is 29.9 Å². The molecule has 2 rings (SSSR count). The van der Waals surface area contributed by atoms with Gasteiger partial charge in [0, 0.05) is 52.4 Å². The van der Waals surface area contributed by atoms with Crippen LogP contribution < -0.4 is 10.6 Å². The van der Waals surface area contributed by atoms with Crippen LogP contribution in [-0.4, -0.2) is 68.1 Å². The minimum atomic E-state index is -0.211. The minimum absolute atomic E-state index is 0. The monoisotopic (exact) mass is 463 g/mol. The van der Waals surface area contributed by atoms with Crippen molar-refractivity contribution in [3.05, 3.63) is 35.6 Å². The quantitative estimate of drug-likeness (QED) is 0.386. The van der Waals surface area contributed by atoms with Crippen molar-refractivity contribution in [1.82, 2.24) is 20.4 Å². The van der Waals surface area contributed by atoms with Gasteiger partial charge in [-0.3, -0.25) is 9.89 Å². The van der Waals surface area contributed by atoms with Gasteiger partial charge in [0.2, 0.25) is 0 Å². The fraction of sp³-hybridized carbons (Fsp3) is 0.611. The molecule has 25 heavy (non-hydrogen) atoms. The zero-order valence-electron chi connectivity index (χ0n) is 15.5. The molecule has 1 heterocycles. The SMILES string of the molecule is CCN1CCN(C(C)CNC(=NC)NCc2cccc(F)c2)CC1.I. The highest BCUT2D eigenvalue weighted by atomic mass is 127. The zero-order valence-corrected chi connectivity index (χ0v) is 17.8. The third-order valence-corrected chi connectivity index (χ3v) is 4.61. The Balaban J connectivity index is 0.00000312. The van der Waals surface area contributed by atoms with Gasteiger partial charge in [0.15, 0.2) is 5.96 Å². The second-order valence-corrected chi connectivity index (χ2v) is 6.26. The van der Waals surface area contributed by atoms with Crippen molar-refractivity contribution in [3.63, 3.8) is 0 Å². The summed E-state index contributed by atoms with van der Waals surface area (Å²) in [7, 11) is 1.76. The molecule has 1 aliphatic rings. The average Bonchev–Trinajstić information content (AvgIpc) is 2.61. The molecule has 0 amide bonds. The molecule has 7 heteroatoms. The Bertz CT molecular complexity index is 532. The van der Waals surface area contributed by atoms with Crippen LogP contribution in [0.25, 0.3) is 0 Å². The van der Waals surface area contributed by atoms with Gasteiger partial charge in [-0.2, -0.15) is 0 Å². The van der Waals surface area contributed by atoms with Crippen LogP contribution in [0.3, 0.4) is 0 Å². The first-order chi connectivity index (χ1) is 11.6. The molecule has 0 saturated carbocycles. The number of aliphatic imine (C=N–C) groups is 1. The Kier molecular flexibility index (Phi) is 10.3. The van der Waals surface area contributed by atoms with E-state index in [4.69, 9.17) is 0 Å². The van der Waals surface area contributed by atoms with Gasteiger partial charge in [-0.1, -0.05) is 19.1 Å². The van der Waals surface area contributed by atoms with Crippen LogP contribution in [0, 0.1) is 5.82 Å². The lowest BCUT2D eigenvalue weighted by molar-refractivity contribution is 0.107. The van der Waals surface area contributed by atoms with Crippen LogP contribution in [0.1, 0.15) is 19.4 Å². The molecule has 5 nitrogen and oxygen atoms in total. The molecule has 1 aromatic carbocycles. The van der Waals surface area contributed by atoms with Crippen molar-refractivity contribution in [1.29, 1.82) is 0 Å². The number of benzene rings is 1. The van der Waals surface area contributed by atoms with Crippen molar-refractivity contribution in [3.8, 4) is 0 Å². The molecule has 0 radical (unpaired) electrons. The van der Waals surface area contributed by atoms with Gasteiger partial charge in [0.1, 0.15) is 5.82 Å². The van der Waals surface area contributed by atoms with E-state index in [0.717, 1.165) is 50.8 Å². The standard InChI is InChI=1S/C18H30FN5.HI/c1-4-23-8-10-24(11-9-23)15(2)13-21-18(20-3)22-14-16-6-5-7-17(19)12-16;/h5-7,12,15H,4,8-11,13-14H2,1-3H3,(H2,20,21,22);1H. The Morgan fingerprint density at radius 1 is 1.24 bits per heavy atom. The summed E-state index contributed by atoms with van der Waals surface area (Å²) in [6.07, 6.45) is 0. The van der Waals surface area contributed by atoms with E-state index in [9.17, 15) is 4.39 Å². The smallest absolute Gasteiger partial charge is 0.191 e. The topological polar surface area (TPSA) is 42.9 Å². The van der Waals surface area contributed by atoms with Crippen molar-refractivity contribution in [2.45, 2.75) is 26.4 Å². The van der Waals surface area contributed by atoms with Gasteiger partial charge < -0.3 is 15.5 Å². The lowest BCUT2D eigenvalue weighted by Crippen LogP contribution is -2.53. The molecule has 0 spiro atoms. The third kappa shape index (κ3) is 7.45. The first kappa shape index (κ1) is 22.1. The maximum absolute atomic E-state index is 13.2. The van der Waals surface area contributed by atoms with Gasteiger partial charge in [-0.05, 0) is 31.2 Å². The van der Waals surface area contributed by atoms with E-state index in [-0.39, 0.29) is 29.8 Å². The van der Waals surface area contributed by atoms with Crippen LogP contribution in [0.5, 0.6) is 0 Å². The van der Waals surface area contributed by atoms with Crippen LogP contribution in [0.4, 0.5) is 4.39 Å². The summed E-state index contributed by atoms with van der Waals surface area (Å²) in [6, 6.07) is 7.07. The van der Waals surface area contributed by atoms with E-state index in [2.05, 4.69) is 39.3 Å². The molecule has 1 aliphatic heterocycles. The fourth-order valence-electron chi connectivity index (χ4n) is 2.95. The predicted octanol–water partition coefficient (Wildman–Crippen LogP) is 2.13. The molecule has 1 atom stereocenters. The summed E-state index contributed by atoms with van der Waals surface area (Å²) in [6.45, 7) is 11.5. The molecule has 1 saturated heterocycles. The Morgan fingerprint density at radius 3 is 2.56 bits per heavy atom. The van der Waals surface area contributed by atoms with Crippen LogP contribution in [0.15, 0.2) is 29.3 Å². The van der Waals surface area contributed by atoms with Crippen molar-refractivity contribution < 1.29 is 4.39 Å². The molecule has 0 aromatic heterocycles. The second-order valence-electron chi connectivity index (χ2n) is 6.26. The minimum Gasteiger partial charge on any atom is -0.355 e. The third-order valence-electron chi connectivity index (χ3n) is 4.61. The largest absolute Gasteiger partial charge is 0.355 e. The normalized spacial score (nSPS) is 17.7. The fourth-order valence-corrected chi connectivity index (χ4v) is 2.95. The van der Waals surface area contributed by atoms with Gasteiger partial charge in [-0.15, -0.1) is 24.0 Å². The average molecular weight is 463 g/mol. The van der Waals surface area contributed by atoms with Gasteiger partial charge in [0.25, 0.3) is 0 Å². The second kappa shape index (κ2) is 11.6. The van der Waals surface area contributed by atoms with E-state index in [1.807, 2.05) is 6.07 Å².